The van der Waals surface area contributed by atoms with E-state index in [9.17, 15) is 9.59 Å². The Balaban J connectivity index is 1.50. The summed E-state index contributed by atoms with van der Waals surface area (Å²) in [5.41, 5.74) is 5.89. The standard InChI is InChI=1S/C24H23NO3/c1-17-7-6-10-22(18(17)2)25-23(26)16-28-24(27)15-19-11-13-21(14-12-19)20-8-4-3-5-9-20/h3-14H,15-16H2,1-2H3,(H,25,26). The molecule has 4 nitrogen and oxygen atoms in total. The third-order valence-electron chi connectivity index (χ3n) is 4.65. The van der Waals surface area contributed by atoms with E-state index in [1.165, 1.54) is 0 Å². The third kappa shape index (κ3) is 5.07. The van der Waals surface area contributed by atoms with Gasteiger partial charge in [-0.3, -0.25) is 9.59 Å². The van der Waals surface area contributed by atoms with Crippen LogP contribution in [0.25, 0.3) is 11.1 Å². The number of ether oxygens (including phenoxy) is 1. The molecule has 0 aromatic heterocycles. The number of anilines is 1. The van der Waals surface area contributed by atoms with Gasteiger partial charge in [-0.05, 0) is 47.7 Å². The van der Waals surface area contributed by atoms with Crippen molar-refractivity contribution in [1.29, 1.82) is 0 Å². The van der Waals surface area contributed by atoms with Crippen molar-refractivity contribution in [2.24, 2.45) is 0 Å². The molecular weight excluding hydrogens is 350 g/mol. The lowest BCUT2D eigenvalue weighted by molar-refractivity contribution is -0.146. The molecule has 0 saturated carbocycles. The predicted octanol–water partition coefficient (Wildman–Crippen LogP) is 4.69. The zero-order chi connectivity index (χ0) is 19.9. The molecule has 0 bridgehead atoms. The zero-order valence-electron chi connectivity index (χ0n) is 16.1. The van der Waals surface area contributed by atoms with Crippen LogP contribution >= 0.6 is 0 Å². The summed E-state index contributed by atoms with van der Waals surface area (Å²) in [6.07, 6.45) is 0.131. The number of carbonyl (C=O) groups is 2. The minimum absolute atomic E-state index is 0.131. The molecule has 0 aliphatic rings. The van der Waals surface area contributed by atoms with Gasteiger partial charge in [0.25, 0.3) is 5.91 Å². The van der Waals surface area contributed by atoms with E-state index in [0.717, 1.165) is 33.5 Å². The van der Waals surface area contributed by atoms with E-state index in [2.05, 4.69) is 5.32 Å². The van der Waals surface area contributed by atoms with Gasteiger partial charge in [-0.1, -0.05) is 66.7 Å². The Bertz CT molecular complexity index is 963. The third-order valence-corrected chi connectivity index (χ3v) is 4.65. The van der Waals surface area contributed by atoms with E-state index < -0.39 is 5.97 Å². The molecule has 3 aromatic rings. The molecule has 28 heavy (non-hydrogen) atoms. The van der Waals surface area contributed by atoms with Crippen molar-refractivity contribution in [3.05, 3.63) is 89.5 Å². The molecule has 4 heteroatoms. The fourth-order valence-corrected chi connectivity index (χ4v) is 2.88. The van der Waals surface area contributed by atoms with Gasteiger partial charge in [-0.15, -0.1) is 0 Å². The van der Waals surface area contributed by atoms with Crippen molar-refractivity contribution < 1.29 is 14.3 Å². The Labute approximate surface area is 165 Å². The fraction of sp³-hybridized carbons (Fsp3) is 0.167. The van der Waals surface area contributed by atoms with Crippen LogP contribution in [0, 0.1) is 13.8 Å². The first-order valence-electron chi connectivity index (χ1n) is 9.19. The number of amides is 1. The van der Waals surface area contributed by atoms with Crippen LogP contribution in [0.15, 0.2) is 72.8 Å². The molecule has 0 radical (unpaired) electrons. The van der Waals surface area contributed by atoms with Crippen molar-refractivity contribution in [3.63, 3.8) is 0 Å². The van der Waals surface area contributed by atoms with E-state index in [4.69, 9.17) is 4.74 Å². The molecule has 1 amide bonds. The lowest BCUT2D eigenvalue weighted by Gasteiger charge is -2.10. The summed E-state index contributed by atoms with van der Waals surface area (Å²) in [6, 6.07) is 23.5. The molecule has 142 valence electrons. The van der Waals surface area contributed by atoms with Crippen LogP contribution in [0.2, 0.25) is 0 Å². The topological polar surface area (TPSA) is 55.4 Å². The maximum absolute atomic E-state index is 12.0. The molecule has 0 aliphatic heterocycles. The van der Waals surface area contributed by atoms with Crippen molar-refractivity contribution in [3.8, 4) is 11.1 Å². The van der Waals surface area contributed by atoms with Gasteiger partial charge < -0.3 is 10.1 Å². The summed E-state index contributed by atoms with van der Waals surface area (Å²) in [5.74, 6) is -0.773. The van der Waals surface area contributed by atoms with Crippen LogP contribution in [0.4, 0.5) is 5.69 Å². The average Bonchev–Trinajstić information content (AvgIpc) is 2.71. The minimum Gasteiger partial charge on any atom is -0.455 e. The second-order valence-corrected chi connectivity index (χ2v) is 6.70. The maximum Gasteiger partial charge on any atom is 0.310 e. The second-order valence-electron chi connectivity index (χ2n) is 6.70. The highest BCUT2D eigenvalue weighted by molar-refractivity contribution is 5.93. The number of hydrogen-bond acceptors (Lipinski definition) is 3. The lowest BCUT2D eigenvalue weighted by Crippen LogP contribution is -2.22. The van der Waals surface area contributed by atoms with E-state index in [1.807, 2.05) is 86.6 Å². The van der Waals surface area contributed by atoms with Crippen molar-refractivity contribution in [2.45, 2.75) is 20.3 Å². The van der Waals surface area contributed by atoms with Gasteiger partial charge in [0.2, 0.25) is 0 Å². The predicted molar refractivity (Wildman–Crippen MR) is 111 cm³/mol. The molecule has 1 N–H and O–H groups in total. The summed E-state index contributed by atoms with van der Waals surface area (Å²) < 4.78 is 5.11. The van der Waals surface area contributed by atoms with Crippen LogP contribution < -0.4 is 5.32 Å². The number of rotatable bonds is 6. The molecule has 0 spiro atoms. The summed E-state index contributed by atoms with van der Waals surface area (Å²) in [7, 11) is 0. The van der Waals surface area contributed by atoms with Gasteiger partial charge in [0.05, 0.1) is 6.42 Å². The molecule has 0 heterocycles. The number of carbonyl (C=O) groups excluding carboxylic acids is 2. The van der Waals surface area contributed by atoms with Crippen LogP contribution in [0.3, 0.4) is 0 Å². The Morgan fingerprint density at radius 1 is 0.821 bits per heavy atom. The summed E-state index contributed by atoms with van der Waals surface area (Å²) in [5, 5.41) is 2.78. The number of benzene rings is 3. The molecule has 0 fully saturated rings. The molecule has 0 unspecified atom stereocenters. The molecular formula is C24H23NO3. The Kier molecular flexibility index (Phi) is 6.22. The van der Waals surface area contributed by atoms with Crippen LogP contribution in [-0.2, 0) is 20.7 Å². The van der Waals surface area contributed by atoms with Crippen LogP contribution in [0.5, 0.6) is 0 Å². The molecule has 0 saturated heterocycles. The number of aryl methyl sites for hydroxylation is 1. The summed E-state index contributed by atoms with van der Waals surface area (Å²) >= 11 is 0. The summed E-state index contributed by atoms with van der Waals surface area (Å²) in [6.45, 7) is 3.62. The Hall–Kier alpha value is -3.40. The first-order valence-corrected chi connectivity index (χ1v) is 9.19. The molecule has 0 atom stereocenters. The highest BCUT2D eigenvalue weighted by Gasteiger charge is 2.10. The number of hydrogen-bond donors (Lipinski definition) is 1. The smallest absolute Gasteiger partial charge is 0.310 e. The highest BCUT2D eigenvalue weighted by Crippen LogP contribution is 2.20. The molecule has 3 aromatic carbocycles. The number of esters is 1. The highest BCUT2D eigenvalue weighted by atomic mass is 16.5. The van der Waals surface area contributed by atoms with E-state index in [1.54, 1.807) is 0 Å². The number of nitrogens with one attached hydrogen (secondary N) is 1. The zero-order valence-corrected chi connectivity index (χ0v) is 16.1. The van der Waals surface area contributed by atoms with Crippen molar-refractivity contribution in [2.75, 3.05) is 11.9 Å². The largest absolute Gasteiger partial charge is 0.455 e. The SMILES string of the molecule is Cc1cccc(NC(=O)COC(=O)Cc2ccc(-c3ccccc3)cc2)c1C. The second kappa shape index (κ2) is 9.00. The Morgan fingerprint density at radius 2 is 1.50 bits per heavy atom. The van der Waals surface area contributed by atoms with Gasteiger partial charge in [0.15, 0.2) is 6.61 Å². The first-order chi connectivity index (χ1) is 13.5. The van der Waals surface area contributed by atoms with E-state index >= 15 is 0 Å². The maximum atomic E-state index is 12.0. The van der Waals surface area contributed by atoms with E-state index in [0.29, 0.717) is 0 Å². The van der Waals surface area contributed by atoms with Gasteiger partial charge >= 0.3 is 5.97 Å². The lowest BCUT2D eigenvalue weighted by atomic mass is 10.0. The monoisotopic (exact) mass is 373 g/mol. The first kappa shape index (κ1) is 19.4. The molecule has 3 rings (SSSR count). The average molecular weight is 373 g/mol. The molecule has 0 aliphatic carbocycles. The van der Waals surface area contributed by atoms with Gasteiger partial charge in [-0.25, -0.2) is 0 Å². The summed E-state index contributed by atoms with van der Waals surface area (Å²) in [4.78, 5) is 24.1. The quantitative estimate of drug-likeness (QED) is 0.638. The van der Waals surface area contributed by atoms with Crippen molar-refractivity contribution in [1.82, 2.24) is 0 Å². The van der Waals surface area contributed by atoms with Gasteiger partial charge in [-0.2, -0.15) is 0 Å². The van der Waals surface area contributed by atoms with Gasteiger partial charge in [0, 0.05) is 5.69 Å². The van der Waals surface area contributed by atoms with Crippen LogP contribution in [-0.4, -0.2) is 18.5 Å². The van der Waals surface area contributed by atoms with Crippen LogP contribution in [0.1, 0.15) is 16.7 Å². The van der Waals surface area contributed by atoms with E-state index in [-0.39, 0.29) is 18.9 Å². The normalized spacial score (nSPS) is 10.4. The van der Waals surface area contributed by atoms with Gasteiger partial charge in [0.1, 0.15) is 0 Å². The minimum atomic E-state index is -0.427. The van der Waals surface area contributed by atoms with Crippen molar-refractivity contribution >= 4 is 17.6 Å². The fourth-order valence-electron chi connectivity index (χ4n) is 2.88. The Morgan fingerprint density at radius 3 is 2.21 bits per heavy atom.